The van der Waals surface area contributed by atoms with Gasteiger partial charge in [0.2, 0.25) is 5.91 Å². The van der Waals surface area contributed by atoms with E-state index < -0.39 is 0 Å². The van der Waals surface area contributed by atoms with Gasteiger partial charge in [-0.05, 0) is 43.2 Å². The van der Waals surface area contributed by atoms with Gasteiger partial charge < -0.3 is 19.4 Å². The number of hydrogen-bond acceptors (Lipinski definition) is 5. The van der Waals surface area contributed by atoms with Gasteiger partial charge in [-0.25, -0.2) is 4.98 Å². The van der Waals surface area contributed by atoms with Gasteiger partial charge in [0.25, 0.3) is 5.91 Å². The summed E-state index contributed by atoms with van der Waals surface area (Å²) < 4.78 is 5.21. The van der Waals surface area contributed by atoms with Crippen molar-refractivity contribution < 1.29 is 14.3 Å². The van der Waals surface area contributed by atoms with Crippen LogP contribution in [0.4, 0.5) is 5.82 Å². The summed E-state index contributed by atoms with van der Waals surface area (Å²) in [5.74, 6) is 1.79. The molecule has 1 aromatic carbocycles. The Morgan fingerprint density at radius 1 is 1.00 bits per heavy atom. The van der Waals surface area contributed by atoms with E-state index in [1.165, 1.54) is 0 Å². The first-order valence-corrected chi connectivity index (χ1v) is 11.0. The minimum Gasteiger partial charge on any atom is -0.497 e. The van der Waals surface area contributed by atoms with E-state index in [0.29, 0.717) is 42.5 Å². The first-order chi connectivity index (χ1) is 15.0. The molecule has 0 unspecified atom stereocenters. The summed E-state index contributed by atoms with van der Waals surface area (Å²) in [6.45, 7) is 3.87. The molecule has 2 aromatic rings. The van der Waals surface area contributed by atoms with E-state index in [2.05, 4.69) is 9.88 Å². The second-order valence-corrected chi connectivity index (χ2v) is 8.38. The average molecular weight is 443 g/mol. The highest BCUT2D eigenvalue weighted by Crippen LogP contribution is 2.25. The lowest BCUT2D eigenvalue weighted by Gasteiger charge is -2.38. The number of ether oxygens (including phenoxy) is 1. The smallest absolute Gasteiger partial charge is 0.254 e. The molecular formula is C23H27ClN4O3. The van der Waals surface area contributed by atoms with Crippen LogP contribution in [0.15, 0.2) is 42.6 Å². The molecule has 164 valence electrons. The number of carbonyl (C=O) groups excluding carboxylic acids is 2. The predicted octanol–water partition coefficient (Wildman–Crippen LogP) is 2.94. The molecule has 0 radical (unpaired) electrons. The Bertz CT molecular complexity index is 921. The largest absolute Gasteiger partial charge is 0.497 e. The number of nitrogens with zero attached hydrogens (tertiary/aromatic N) is 4. The molecule has 7 nitrogen and oxygen atoms in total. The summed E-state index contributed by atoms with van der Waals surface area (Å²) in [7, 11) is 1.59. The molecule has 0 aliphatic carbocycles. The number of carbonyl (C=O) groups is 2. The molecule has 8 heteroatoms. The maximum absolute atomic E-state index is 13.0. The zero-order valence-electron chi connectivity index (χ0n) is 17.7. The number of anilines is 1. The summed E-state index contributed by atoms with van der Waals surface area (Å²) in [4.78, 5) is 36.1. The molecular weight excluding hydrogens is 416 g/mol. The van der Waals surface area contributed by atoms with Crippen LogP contribution in [-0.4, -0.2) is 73.0 Å². The van der Waals surface area contributed by atoms with Crippen LogP contribution < -0.4 is 9.64 Å². The monoisotopic (exact) mass is 442 g/mol. The van der Waals surface area contributed by atoms with E-state index in [-0.39, 0.29) is 17.7 Å². The van der Waals surface area contributed by atoms with Crippen molar-refractivity contribution in [1.29, 1.82) is 0 Å². The molecule has 3 heterocycles. The first-order valence-electron chi connectivity index (χ1n) is 10.6. The Balaban J connectivity index is 1.27. The highest BCUT2D eigenvalue weighted by molar-refractivity contribution is 6.30. The topological polar surface area (TPSA) is 66.0 Å². The van der Waals surface area contributed by atoms with Crippen molar-refractivity contribution in [2.45, 2.75) is 12.8 Å². The Labute approximate surface area is 187 Å². The Morgan fingerprint density at radius 2 is 1.71 bits per heavy atom. The summed E-state index contributed by atoms with van der Waals surface area (Å²) >= 11 is 5.92. The molecule has 2 saturated heterocycles. The van der Waals surface area contributed by atoms with E-state index in [1.54, 1.807) is 25.4 Å². The fourth-order valence-electron chi connectivity index (χ4n) is 4.24. The minimum absolute atomic E-state index is 0.0187. The highest BCUT2D eigenvalue weighted by Gasteiger charge is 2.31. The summed E-state index contributed by atoms with van der Waals surface area (Å²) in [5, 5.41) is 0.623. The fourth-order valence-corrected chi connectivity index (χ4v) is 4.35. The quantitative estimate of drug-likeness (QED) is 0.728. The molecule has 31 heavy (non-hydrogen) atoms. The molecule has 1 aromatic heterocycles. The summed E-state index contributed by atoms with van der Waals surface area (Å²) in [6.07, 6.45) is 3.28. The van der Waals surface area contributed by atoms with Gasteiger partial charge in [0.05, 0.1) is 12.1 Å². The standard InChI is InChI=1S/C23H27ClN4O3/c1-31-20-4-2-3-18(15-20)23(30)28-13-11-27(12-14-28)22(29)17-7-9-26(10-8-17)21-6-5-19(24)16-25-21/h2-6,15-17H,7-14H2,1H3. The predicted molar refractivity (Wildman–Crippen MR) is 120 cm³/mol. The van der Waals surface area contributed by atoms with Crippen LogP contribution in [0, 0.1) is 5.92 Å². The third-order valence-corrected chi connectivity index (χ3v) is 6.30. The zero-order chi connectivity index (χ0) is 21.8. The second-order valence-electron chi connectivity index (χ2n) is 7.95. The molecule has 2 fully saturated rings. The highest BCUT2D eigenvalue weighted by atomic mass is 35.5. The van der Waals surface area contributed by atoms with Gasteiger partial charge in [0, 0.05) is 56.9 Å². The lowest BCUT2D eigenvalue weighted by atomic mass is 9.95. The van der Waals surface area contributed by atoms with Crippen molar-refractivity contribution in [3.63, 3.8) is 0 Å². The van der Waals surface area contributed by atoms with E-state index in [4.69, 9.17) is 16.3 Å². The van der Waals surface area contributed by atoms with Crippen molar-refractivity contribution in [2.24, 2.45) is 5.92 Å². The molecule has 0 saturated carbocycles. The van der Waals surface area contributed by atoms with Crippen molar-refractivity contribution in [2.75, 3.05) is 51.3 Å². The number of piperazine rings is 1. The third-order valence-electron chi connectivity index (χ3n) is 6.08. The number of amides is 2. The number of benzene rings is 1. The lowest BCUT2D eigenvalue weighted by molar-refractivity contribution is -0.137. The number of rotatable bonds is 4. The SMILES string of the molecule is COc1cccc(C(=O)N2CCN(C(=O)C3CCN(c4ccc(Cl)cn4)CC3)CC2)c1. The van der Waals surface area contributed by atoms with Crippen LogP contribution in [-0.2, 0) is 4.79 Å². The third kappa shape index (κ3) is 4.93. The number of pyridine rings is 1. The molecule has 2 aliphatic heterocycles. The zero-order valence-corrected chi connectivity index (χ0v) is 18.4. The normalized spacial score (nSPS) is 17.5. The van der Waals surface area contributed by atoms with Gasteiger partial charge in [0.15, 0.2) is 0 Å². The van der Waals surface area contributed by atoms with Gasteiger partial charge in [-0.15, -0.1) is 0 Å². The Morgan fingerprint density at radius 3 is 2.35 bits per heavy atom. The van der Waals surface area contributed by atoms with Crippen LogP contribution in [0.3, 0.4) is 0 Å². The summed E-state index contributed by atoms with van der Waals surface area (Å²) in [6, 6.07) is 10.9. The number of halogens is 1. The van der Waals surface area contributed by atoms with Crippen LogP contribution in [0.25, 0.3) is 0 Å². The second kappa shape index (κ2) is 9.56. The average Bonchev–Trinajstić information content (AvgIpc) is 2.84. The molecule has 0 atom stereocenters. The fraction of sp³-hybridized carbons (Fsp3) is 0.435. The van der Waals surface area contributed by atoms with Crippen molar-refractivity contribution in [1.82, 2.24) is 14.8 Å². The molecule has 0 spiro atoms. The van der Waals surface area contributed by atoms with Crippen LogP contribution in [0.1, 0.15) is 23.2 Å². The molecule has 0 bridgehead atoms. The van der Waals surface area contributed by atoms with Crippen LogP contribution >= 0.6 is 11.6 Å². The summed E-state index contributed by atoms with van der Waals surface area (Å²) in [5.41, 5.74) is 0.613. The van der Waals surface area contributed by atoms with Crippen molar-refractivity contribution in [3.8, 4) is 5.75 Å². The van der Waals surface area contributed by atoms with Crippen LogP contribution in [0.5, 0.6) is 5.75 Å². The van der Waals surface area contributed by atoms with Gasteiger partial charge in [-0.3, -0.25) is 9.59 Å². The van der Waals surface area contributed by atoms with Gasteiger partial charge in [-0.1, -0.05) is 17.7 Å². The lowest BCUT2D eigenvalue weighted by Crippen LogP contribution is -2.53. The number of hydrogen-bond donors (Lipinski definition) is 0. The molecule has 4 rings (SSSR count). The first kappa shape index (κ1) is 21.4. The minimum atomic E-state index is -0.0187. The van der Waals surface area contributed by atoms with Gasteiger partial charge in [-0.2, -0.15) is 0 Å². The maximum atomic E-state index is 13.0. The Hall–Kier alpha value is -2.80. The van der Waals surface area contributed by atoms with E-state index in [9.17, 15) is 9.59 Å². The number of methoxy groups -OCH3 is 1. The Kier molecular flexibility index (Phi) is 6.61. The van der Waals surface area contributed by atoms with Crippen LogP contribution in [0.2, 0.25) is 5.02 Å². The van der Waals surface area contributed by atoms with Gasteiger partial charge >= 0.3 is 0 Å². The number of aromatic nitrogens is 1. The molecule has 2 aliphatic rings. The van der Waals surface area contributed by atoms with Crippen molar-refractivity contribution in [3.05, 3.63) is 53.2 Å². The molecule has 0 N–H and O–H groups in total. The van der Waals surface area contributed by atoms with E-state index in [0.717, 1.165) is 31.7 Å². The van der Waals surface area contributed by atoms with E-state index >= 15 is 0 Å². The van der Waals surface area contributed by atoms with E-state index in [1.807, 2.05) is 34.1 Å². The maximum Gasteiger partial charge on any atom is 0.254 e. The molecule has 2 amide bonds. The van der Waals surface area contributed by atoms with Crippen molar-refractivity contribution >= 4 is 29.2 Å². The number of piperidine rings is 1. The van der Waals surface area contributed by atoms with Gasteiger partial charge in [0.1, 0.15) is 11.6 Å².